The number of hydrogen-bond acceptors (Lipinski definition) is 4. The van der Waals surface area contributed by atoms with Gasteiger partial charge < -0.3 is 4.90 Å². The highest BCUT2D eigenvalue weighted by atomic mass is 35.5. The van der Waals surface area contributed by atoms with Gasteiger partial charge in [-0.25, -0.2) is 4.98 Å². The van der Waals surface area contributed by atoms with Crippen LogP contribution < -0.4 is 4.90 Å². The molecule has 0 aromatic carbocycles. The van der Waals surface area contributed by atoms with Crippen molar-refractivity contribution in [2.45, 2.75) is 31.2 Å². The zero-order chi connectivity index (χ0) is 12.5. The molecule has 0 N–H and O–H groups in total. The molecule has 0 saturated carbocycles. The lowest BCUT2D eigenvalue weighted by molar-refractivity contribution is 0.260. The quantitative estimate of drug-likeness (QED) is 0.799. The molecular formula is C12H17Cl2N3S. The molecule has 3 heterocycles. The third-order valence-electron chi connectivity index (χ3n) is 3.85. The monoisotopic (exact) mass is 305 g/mol. The van der Waals surface area contributed by atoms with Gasteiger partial charge >= 0.3 is 0 Å². The Balaban J connectivity index is 1.67. The molecule has 2 fully saturated rings. The topological polar surface area (TPSA) is 19.4 Å². The number of thiazole rings is 1. The molecule has 100 valence electrons. The second-order valence-corrected chi connectivity index (χ2v) is 6.66. The fraction of sp³-hybridized carbons (Fsp3) is 0.750. The smallest absolute Gasteiger partial charge is 0.187 e. The molecule has 0 bridgehead atoms. The van der Waals surface area contributed by atoms with Crippen LogP contribution in [0, 0.1) is 0 Å². The van der Waals surface area contributed by atoms with Crippen LogP contribution >= 0.6 is 34.5 Å². The van der Waals surface area contributed by atoms with Crippen molar-refractivity contribution in [1.82, 2.24) is 9.88 Å². The van der Waals surface area contributed by atoms with Crippen molar-refractivity contribution < 1.29 is 0 Å². The number of aromatic nitrogens is 1. The van der Waals surface area contributed by atoms with E-state index in [1.54, 1.807) is 11.3 Å². The molecule has 1 atom stereocenters. The summed E-state index contributed by atoms with van der Waals surface area (Å²) in [4.78, 5) is 10.4. The fourth-order valence-corrected chi connectivity index (χ4v) is 4.37. The summed E-state index contributed by atoms with van der Waals surface area (Å²) in [7, 11) is 0. The Hall–Kier alpha value is -0.0300. The zero-order valence-electron chi connectivity index (χ0n) is 10.2. The predicted molar refractivity (Wildman–Crippen MR) is 78.1 cm³/mol. The van der Waals surface area contributed by atoms with E-state index < -0.39 is 0 Å². The van der Waals surface area contributed by atoms with Crippen molar-refractivity contribution in [3.8, 4) is 0 Å². The van der Waals surface area contributed by atoms with Crippen molar-refractivity contribution in [1.29, 1.82) is 0 Å². The number of rotatable bonds is 3. The van der Waals surface area contributed by atoms with E-state index in [1.165, 1.54) is 32.4 Å². The predicted octanol–water partition coefficient (Wildman–Crippen LogP) is 3.21. The van der Waals surface area contributed by atoms with Crippen molar-refractivity contribution in [2.24, 2.45) is 0 Å². The number of halogens is 2. The van der Waals surface area contributed by atoms with Gasteiger partial charge in [-0.2, -0.15) is 0 Å². The molecule has 2 aliphatic heterocycles. The normalized spacial score (nSPS) is 25.2. The third kappa shape index (κ3) is 2.48. The summed E-state index contributed by atoms with van der Waals surface area (Å²) in [5.74, 6) is 0.458. The number of nitrogens with zero attached hydrogens (tertiary/aromatic N) is 3. The van der Waals surface area contributed by atoms with Gasteiger partial charge in [0, 0.05) is 19.1 Å². The molecule has 1 unspecified atom stereocenters. The molecule has 1 aromatic heterocycles. The second-order valence-electron chi connectivity index (χ2n) is 4.98. The SMILES string of the molecule is ClCc1sc(N2CCC(N3CCCC3)C2)nc1Cl. The van der Waals surface area contributed by atoms with E-state index in [0.29, 0.717) is 17.1 Å². The molecule has 2 aliphatic rings. The minimum Gasteiger partial charge on any atom is -0.346 e. The van der Waals surface area contributed by atoms with Crippen molar-refractivity contribution in [3.05, 3.63) is 10.0 Å². The van der Waals surface area contributed by atoms with Crippen LogP contribution in [0.25, 0.3) is 0 Å². The average molecular weight is 306 g/mol. The minimum atomic E-state index is 0.458. The van der Waals surface area contributed by atoms with Crippen molar-refractivity contribution >= 4 is 39.7 Å². The van der Waals surface area contributed by atoms with E-state index in [0.717, 1.165) is 23.1 Å². The van der Waals surface area contributed by atoms with E-state index in [1.807, 2.05) is 0 Å². The molecule has 18 heavy (non-hydrogen) atoms. The van der Waals surface area contributed by atoms with Gasteiger partial charge in [0.15, 0.2) is 5.13 Å². The third-order valence-corrected chi connectivity index (χ3v) is 5.82. The Bertz CT molecular complexity index is 417. The van der Waals surface area contributed by atoms with Crippen LogP contribution in [-0.4, -0.2) is 42.1 Å². The van der Waals surface area contributed by atoms with Gasteiger partial charge in [-0.3, -0.25) is 4.90 Å². The second kappa shape index (κ2) is 5.53. The van der Waals surface area contributed by atoms with E-state index in [9.17, 15) is 0 Å². The zero-order valence-corrected chi connectivity index (χ0v) is 12.6. The van der Waals surface area contributed by atoms with Crippen LogP contribution in [0.3, 0.4) is 0 Å². The summed E-state index contributed by atoms with van der Waals surface area (Å²) in [5, 5.41) is 1.62. The first-order chi connectivity index (χ1) is 8.78. The molecule has 6 heteroatoms. The lowest BCUT2D eigenvalue weighted by atomic mass is 10.2. The fourth-order valence-electron chi connectivity index (χ4n) is 2.86. The maximum absolute atomic E-state index is 6.06. The summed E-state index contributed by atoms with van der Waals surface area (Å²) in [6.45, 7) is 4.71. The summed E-state index contributed by atoms with van der Waals surface area (Å²) >= 11 is 13.5. The van der Waals surface area contributed by atoms with Gasteiger partial charge in [-0.15, -0.1) is 11.6 Å². The lowest BCUT2D eigenvalue weighted by Crippen LogP contribution is -2.35. The molecule has 3 rings (SSSR count). The Labute approximate surface area is 122 Å². The van der Waals surface area contributed by atoms with Gasteiger partial charge in [0.2, 0.25) is 0 Å². The number of likely N-dealkylation sites (tertiary alicyclic amines) is 1. The number of hydrogen-bond donors (Lipinski definition) is 0. The van der Waals surface area contributed by atoms with Crippen LogP contribution in [0.1, 0.15) is 24.1 Å². The molecule has 0 aliphatic carbocycles. The maximum atomic E-state index is 6.06. The van der Waals surface area contributed by atoms with Gasteiger partial charge in [-0.05, 0) is 32.4 Å². The van der Waals surface area contributed by atoms with Gasteiger partial charge in [0.25, 0.3) is 0 Å². The first kappa shape index (κ1) is 13.0. The van der Waals surface area contributed by atoms with Gasteiger partial charge in [0.1, 0.15) is 5.15 Å². The molecule has 0 spiro atoms. The summed E-state index contributed by atoms with van der Waals surface area (Å²) in [6.07, 6.45) is 3.96. The van der Waals surface area contributed by atoms with E-state index in [-0.39, 0.29) is 0 Å². The first-order valence-electron chi connectivity index (χ1n) is 6.48. The maximum Gasteiger partial charge on any atom is 0.187 e. The Morgan fingerprint density at radius 2 is 2.06 bits per heavy atom. The van der Waals surface area contributed by atoms with E-state index >= 15 is 0 Å². The largest absolute Gasteiger partial charge is 0.346 e. The Morgan fingerprint density at radius 3 is 2.72 bits per heavy atom. The highest BCUT2D eigenvalue weighted by Gasteiger charge is 2.30. The van der Waals surface area contributed by atoms with Crippen LogP contribution in [0.4, 0.5) is 5.13 Å². The summed E-state index contributed by atoms with van der Waals surface area (Å²) in [5.41, 5.74) is 0. The summed E-state index contributed by atoms with van der Waals surface area (Å²) < 4.78 is 0. The van der Waals surface area contributed by atoms with E-state index in [4.69, 9.17) is 23.2 Å². The Kier molecular flexibility index (Phi) is 3.99. The average Bonchev–Trinajstić information content (AvgIpc) is 3.08. The van der Waals surface area contributed by atoms with E-state index in [2.05, 4.69) is 14.8 Å². The van der Waals surface area contributed by atoms with Crippen molar-refractivity contribution in [3.63, 3.8) is 0 Å². The summed E-state index contributed by atoms with van der Waals surface area (Å²) in [6, 6.07) is 0.703. The molecule has 1 aromatic rings. The molecule has 2 saturated heterocycles. The number of alkyl halides is 1. The van der Waals surface area contributed by atoms with Crippen molar-refractivity contribution in [2.75, 3.05) is 31.1 Å². The van der Waals surface area contributed by atoms with Crippen LogP contribution in [0.2, 0.25) is 5.15 Å². The van der Waals surface area contributed by atoms with Gasteiger partial charge in [0.05, 0.1) is 10.8 Å². The lowest BCUT2D eigenvalue weighted by Gasteiger charge is -2.23. The van der Waals surface area contributed by atoms with Crippen LogP contribution in [0.15, 0.2) is 0 Å². The Morgan fingerprint density at radius 1 is 1.28 bits per heavy atom. The van der Waals surface area contributed by atoms with Gasteiger partial charge in [-0.1, -0.05) is 22.9 Å². The standard InChI is InChI=1S/C12H17Cl2N3S/c13-7-10-11(14)15-12(18-10)17-6-3-9(8-17)16-4-1-2-5-16/h9H,1-8H2. The highest BCUT2D eigenvalue weighted by Crippen LogP contribution is 2.33. The molecular weight excluding hydrogens is 289 g/mol. The molecule has 3 nitrogen and oxygen atoms in total. The first-order valence-corrected chi connectivity index (χ1v) is 8.21. The number of anilines is 1. The molecule has 0 radical (unpaired) electrons. The minimum absolute atomic E-state index is 0.458. The molecule has 0 amide bonds. The highest BCUT2D eigenvalue weighted by molar-refractivity contribution is 7.16. The van der Waals surface area contributed by atoms with Crippen LogP contribution in [0.5, 0.6) is 0 Å². The van der Waals surface area contributed by atoms with Crippen LogP contribution in [-0.2, 0) is 5.88 Å².